The molecule has 1 N–H and O–H groups in total. The predicted octanol–water partition coefficient (Wildman–Crippen LogP) is 2.94. The van der Waals surface area contributed by atoms with Crippen LogP contribution in [-0.2, 0) is 4.74 Å². The zero-order valence-corrected chi connectivity index (χ0v) is 10.7. The second kappa shape index (κ2) is 8.09. The largest absolute Gasteiger partial charge is 0.494 e. The summed E-state index contributed by atoms with van der Waals surface area (Å²) in [6, 6.07) is 7.59. The first-order valence-corrected chi connectivity index (χ1v) is 6.26. The molecule has 1 atom stereocenters. The molecule has 1 unspecified atom stereocenters. The van der Waals surface area contributed by atoms with Crippen molar-refractivity contribution in [3.05, 3.63) is 29.8 Å². The van der Waals surface area contributed by atoms with Crippen LogP contribution in [0.2, 0.25) is 0 Å². The van der Waals surface area contributed by atoms with Gasteiger partial charge in [0.1, 0.15) is 5.75 Å². The Morgan fingerprint density at radius 3 is 2.76 bits per heavy atom. The molecular formula is C14H22O3. The van der Waals surface area contributed by atoms with Crippen molar-refractivity contribution in [3.8, 4) is 5.75 Å². The maximum Gasteiger partial charge on any atom is 0.119 e. The molecule has 0 aromatic heterocycles. The molecule has 1 aromatic rings. The maximum absolute atomic E-state index is 9.98. The highest BCUT2D eigenvalue weighted by molar-refractivity contribution is 5.29. The molecule has 0 radical (unpaired) electrons. The molecule has 0 bridgehead atoms. The number of ether oxygens (including phenoxy) is 2. The van der Waals surface area contributed by atoms with Gasteiger partial charge >= 0.3 is 0 Å². The van der Waals surface area contributed by atoms with Crippen LogP contribution in [-0.4, -0.2) is 24.9 Å². The summed E-state index contributed by atoms with van der Waals surface area (Å²) in [5, 5.41) is 9.98. The minimum absolute atomic E-state index is 0.479. The highest BCUT2D eigenvalue weighted by atomic mass is 16.5. The molecule has 96 valence electrons. The smallest absolute Gasteiger partial charge is 0.119 e. The van der Waals surface area contributed by atoms with E-state index >= 15 is 0 Å². The molecule has 0 aliphatic heterocycles. The van der Waals surface area contributed by atoms with Gasteiger partial charge in [0.15, 0.2) is 0 Å². The van der Waals surface area contributed by atoms with Gasteiger partial charge in [0.25, 0.3) is 0 Å². The van der Waals surface area contributed by atoms with Gasteiger partial charge in [-0.2, -0.15) is 0 Å². The SMILES string of the molecule is CCCOCCC(O)c1cccc(OCC)c1. The maximum atomic E-state index is 9.98. The second-order valence-corrected chi connectivity index (χ2v) is 3.92. The lowest BCUT2D eigenvalue weighted by Crippen LogP contribution is -2.04. The Morgan fingerprint density at radius 1 is 1.24 bits per heavy atom. The quantitative estimate of drug-likeness (QED) is 0.708. The Hall–Kier alpha value is -1.06. The molecule has 0 spiro atoms. The summed E-state index contributed by atoms with van der Waals surface area (Å²) in [6.45, 7) is 6.00. The standard InChI is InChI=1S/C14H22O3/c1-3-9-16-10-8-14(15)12-6-5-7-13(11-12)17-4-2/h5-7,11,14-15H,3-4,8-10H2,1-2H3. The average molecular weight is 238 g/mol. The summed E-state index contributed by atoms with van der Waals surface area (Å²) in [5.41, 5.74) is 0.885. The van der Waals surface area contributed by atoms with E-state index in [9.17, 15) is 5.11 Å². The van der Waals surface area contributed by atoms with Gasteiger partial charge in [0.05, 0.1) is 12.7 Å². The molecule has 0 aliphatic carbocycles. The first-order valence-electron chi connectivity index (χ1n) is 6.26. The van der Waals surface area contributed by atoms with Crippen LogP contribution in [0.3, 0.4) is 0 Å². The molecule has 0 aliphatic rings. The van der Waals surface area contributed by atoms with Gasteiger partial charge in [-0.05, 0) is 31.0 Å². The van der Waals surface area contributed by atoms with E-state index in [1.807, 2.05) is 31.2 Å². The van der Waals surface area contributed by atoms with Crippen molar-refractivity contribution in [2.75, 3.05) is 19.8 Å². The van der Waals surface area contributed by atoms with E-state index < -0.39 is 6.10 Å². The van der Waals surface area contributed by atoms with Gasteiger partial charge in [-0.15, -0.1) is 0 Å². The van der Waals surface area contributed by atoms with Crippen molar-refractivity contribution in [1.82, 2.24) is 0 Å². The summed E-state index contributed by atoms with van der Waals surface area (Å²) < 4.78 is 10.8. The Balaban J connectivity index is 2.44. The molecule has 1 rings (SSSR count). The molecule has 1 aromatic carbocycles. The minimum atomic E-state index is -0.479. The first kappa shape index (κ1) is 14.0. The zero-order valence-electron chi connectivity index (χ0n) is 10.7. The highest BCUT2D eigenvalue weighted by Crippen LogP contribution is 2.21. The van der Waals surface area contributed by atoms with Crippen LogP contribution in [0.25, 0.3) is 0 Å². The lowest BCUT2D eigenvalue weighted by Gasteiger charge is -2.12. The van der Waals surface area contributed by atoms with Crippen molar-refractivity contribution in [3.63, 3.8) is 0 Å². The van der Waals surface area contributed by atoms with Crippen molar-refractivity contribution in [1.29, 1.82) is 0 Å². The van der Waals surface area contributed by atoms with E-state index in [4.69, 9.17) is 9.47 Å². The lowest BCUT2D eigenvalue weighted by molar-refractivity contribution is 0.0821. The van der Waals surface area contributed by atoms with Crippen LogP contribution in [0, 0.1) is 0 Å². The van der Waals surface area contributed by atoms with E-state index in [-0.39, 0.29) is 0 Å². The van der Waals surface area contributed by atoms with Crippen molar-refractivity contribution >= 4 is 0 Å². The molecule has 0 saturated heterocycles. The van der Waals surface area contributed by atoms with Gasteiger partial charge in [-0.3, -0.25) is 0 Å². The molecule has 0 saturated carbocycles. The highest BCUT2D eigenvalue weighted by Gasteiger charge is 2.08. The normalized spacial score (nSPS) is 12.4. The Bertz CT molecular complexity index is 312. The minimum Gasteiger partial charge on any atom is -0.494 e. The summed E-state index contributed by atoms with van der Waals surface area (Å²) in [7, 11) is 0. The summed E-state index contributed by atoms with van der Waals surface area (Å²) in [5.74, 6) is 0.804. The summed E-state index contributed by atoms with van der Waals surface area (Å²) in [4.78, 5) is 0. The first-order chi connectivity index (χ1) is 8.27. The van der Waals surface area contributed by atoms with E-state index in [2.05, 4.69) is 6.92 Å². The van der Waals surface area contributed by atoms with Crippen molar-refractivity contribution < 1.29 is 14.6 Å². The average Bonchev–Trinajstić information content (AvgIpc) is 2.35. The number of hydrogen-bond donors (Lipinski definition) is 1. The topological polar surface area (TPSA) is 38.7 Å². The third-order valence-corrected chi connectivity index (χ3v) is 2.44. The van der Waals surface area contributed by atoms with E-state index in [0.29, 0.717) is 19.6 Å². The Kier molecular flexibility index (Phi) is 6.67. The molecule has 0 fully saturated rings. The lowest BCUT2D eigenvalue weighted by atomic mass is 10.1. The Labute approximate surface area is 103 Å². The number of hydrogen-bond acceptors (Lipinski definition) is 3. The van der Waals surface area contributed by atoms with Crippen LogP contribution >= 0.6 is 0 Å². The van der Waals surface area contributed by atoms with Gasteiger partial charge in [-0.1, -0.05) is 19.1 Å². The number of rotatable bonds is 8. The number of aliphatic hydroxyl groups is 1. The zero-order chi connectivity index (χ0) is 12.5. The fourth-order valence-corrected chi connectivity index (χ4v) is 1.59. The fourth-order valence-electron chi connectivity index (χ4n) is 1.59. The second-order valence-electron chi connectivity index (χ2n) is 3.92. The van der Waals surface area contributed by atoms with E-state index in [1.54, 1.807) is 0 Å². The monoisotopic (exact) mass is 238 g/mol. The number of benzene rings is 1. The predicted molar refractivity (Wildman–Crippen MR) is 68.3 cm³/mol. The summed E-state index contributed by atoms with van der Waals surface area (Å²) in [6.07, 6.45) is 1.15. The van der Waals surface area contributed by atoms with Crippen LogP contribution in [0.1, 0.15) is 38.4 Å². The van der Waals surface area contributed by atoms with Gasteiger partial charge in [0.2, 0.25) is 0 Å². The summed E-state index contributed by atoms with van der Waals surface area (Å²) >= 11 is 0. The van der Waals surface area contributed by atoms with Crippen molar-refractivity contribution in [2.45, 2.75) is 32.8 Å². The molecule has 3 nitrogen and oxygen atoms in total. The third-order valence-electron chi connectivity index (χ3n) is 2.44. The third kappa shape index (κ3) is 5.20. The van der Waals surface area contributed by atoms with Gasteiger partial charge < -0.3 is 14.6 Å². The number of aliphatic hydroxyl groups excluding tert-OH is 1. The molecule has 0 amide bonds. The molecular weight excluding hydrogens is 216 g/mol. The van der Waals surface area contributed by atoms with E-state index in [0.717, 1.165) is 24.3 Å². The van der Waals surface area contributed by atoms with Crippen molar-refractivity contribution in [2.24, 2.45) is 0 Å². The van der Waals surface area contributed by atoms with E-state index in [1.165, 1.54) is 0 Å². The van der Waals surface area contributed by atoms with Crippen LogP contribution in [0.15, 0.2) is 24.3 Å². The Morgan fingerprint density at radius 2 is 2.06 bits per heavy atom. The molecule has 3 heteroatoms. The molecule has 17 heavy (non-hydrogen) atoms. The molecule has 0 heterocycles. The fraction of sp³-hybridized carbons (Fsp3) is 0.571. The van der Waals surface area contributed by atoms with Crippen LogP contribution in [0.5, 0.6) is 5.75 Å². The van der Waals surface area contributed by atoms with Gasteiger partial charge in [0, 0.05) is 19.6 Å². The van der Waals surface area contributed by atoms with Crippen LogP contribution in [0.4, 0.5) is 0 Å². The van der Waals surface area contributed by atoms with Crippen LogP contribution < -0.4 is 4.74 Å². The van der Waals surface area contributed by atoms with Gasteiger partial charge in [-0.25, -0.2) is 0 Å².